The zero-order valence-corrected chi connectivity index (χ0v) is 34.3. The summed E-state index contributed by atoms with van der Waals surface area (Å²) in [6.45, 7) is -0.112. The minimum Gasteiger partial charge on any atom is -0.508 e. The van der Waals surface area contributed by atoms with Crippen LogP contribution in [0.15, 0.2) is 54.3 Å². The van der Waals surface area contributed by atoms with Crippen LogP contribution in [0.1, 0.15) is 29.7 Å². The van der Waals surface area contributed by atoms with Crippen LogP contribution >= 0.6 is 0 Å². The van der Waals surface area contributed by atoms with Crippen molar-refractivity contribution in [2.24, 2.45) is 0 Å². The molecule has 0 saturated carbocycles. The number of carbonyl (C=O) groups is 1. The third kappa shape index (κ3) is 9.86. The van der Waals surface area contributed by atoms with E-state index < -0.39 is 146 Å². The molecule has 0 aliphatic carbocycles. The molecular formula is C42H48O24. The Morgan fingerprint density at radius 2 is 1.29 bits per heavy atom. The first-order valence-corrected chi connectivity index (χ1v) is 20.1. The lowest BCUT2D eigenvalue weighted by atomic mass is 9.98. The number of benzene rings is 3. The number of aliphatic hydroxyl groups excluding tert-OH is 9. The van der Waals surface area contributed by atoms with Crippen molar-refractivity contribution in [2.45, 2.75) is 105 Å². The number of aliphatic hydroxyl groups is 9. The van der Waals surface area contributed by atoms with E-state index in [4.69, 9.17) is 37.9 Å². The Balaban J connectivity index is 1.09. The third-order valence-electron chi connectivity index (χ3n) is 11.2. The van der Waals surface area contributed by atoms with Crippen LogP contribution in [0.3, 0.4) is 0 Å². The zero-order valence-electron chi connectivity index (χ0n) is 34.3. The molecule has 66 heavy (non-hydrogen) atoms. The fourth-order valence-electron chi connectivity index (χ4n) is 7.49. The van der Waals surface area contributed by atoms with E-state index in [0.29, 0.717) is 5.56 Å². The van der Waals surface area contributed by atoms with Gasteiger partial charge in [0.1, 0.15) is 84.0 Å². The van der Waals surface area contributed by atoms with Gasteiger partial charge in [0.25, 0.3) is 0 Å². The van der Waals surface area contributed by atoms with Crippen LogP contribution in [-0.2, 0) is 33.2 Å². The Hall–Kier alpha value is -5.71. The lowest BCUT2D eigenvalue weighted by molar-refractivity contribution is -0.325. The number of hydrogen-bond donors (Lipinski definition) is 15. The van der Waals surface area contributed by atoms with Gasteiger partial charge in [-0.05, 0) is 48.9 Å². The van der Waals surface area contributed by atoms with Crippen molar-refractivity contribution < 1.29 is 119 Å². The number of fused-ring (bicyclic) bond motifs is 1. The largest absolute Gasteiger partial charge is 0.508 e. The van der Waals surface area contributed by atoms with Gasteiger partial charge in [0.2, 0.25) is 12.6 Å². The maximum Gasteiger partial charge on any atom is 0.331 e. The second kappa shape index (κ2) is 19.6. The Bertz CT molecular complexity index is 2260. The van der Waals surface area contributed by atoms with Gasteiger partial charge in [0, 0.05) is 23.8 Å². The molecule has 16 unspecified atom stereocenters. The topological polar surface area (TPSA) is 394 Å². The summed E-state index contributed by atoms with van der Waals surface area (Å²) in [6, 6.07) is 7.86. The molecule has 0 aromatic heterocycles. The first-order chi connectivity index (χ1) is 31.3. The average molecular weight is 937 g/mol. The third-order valence-corrected chi connectivity index (χ3v) is 11.2. The number of hydrogen-bond acceptors (Lipinski definition) is 24. The van der Waals surface area contributed by atoms with E-state index in [1.54, 1.807) is 0 Å². The van der Waals surface area contributed by atoms with Crippen molar-refractivity contribution in [1.82, 2.24) is 0 Å². The van der Waals surface area contributed by atoms with Crippen LogP contribution in [0, 0.1) is 0 Å². The van der Waals surface area contributed by atoms with E-state index in [2.05, 4.69) is 0 Å². The molecule has 7 rings (SSSR count). The second-order valence-corrected chi connectivity index (χ2v) is 15.8. The number of phenolic OH excluding ortho intramolecular Hbond substituents is 6. The minimum atomic E-state index is -2.03. The number of esters is 1. The summed E-state index contributed by atoms with van der Waals surface area (Å²) in [4.78, 5) is 12.6. The van der Waals surface area contributed by atoms with Gasteiger partial charge in [0.15, 0.2) is 47.2 Å². The summed E-state index contributed by atoms with van der Waals surface area (Å²) >= 11 is 0. The van der Waals surface area contributed by atoms with E-state index >= 15 is 0 Å². The van der Waals surface area contributed by atoms with E-state index in [-0.39, 0.29) is 34.1 Å². The first kappa shape index (κ1) is 48.2. The van der Waals surface area contributed by atoms with Crippen LogP contribution in [0.2, 0.25) is 0 Å². The second-order valence-electron chi connectivity index (χ2n) is 15.8. The highest BCUT2D eigenvalue weighted by molar-refractivity contribution is 5.87. The number of rotatable bonds is 12. The van der Waals surface area contributed by atoms with Crippen molar-refractivity contribution in [1.29, 1.82) is 0 Å². The van der Waals surface area contributed by atoms with Crippen molar-refractivity contribution in [3.8, 4) is 46.0 Å². The monoisotopic (exact) mass is 936 g/mol. The SMILES string of the molecule is CC1OC(OCC2OC(OC3=Cc4c(cc(O)cc4OC4OC(CO)C(O)C(O)C4O)OC3c3cc(O)c(O)c(O)c3)C(O)C(O)C2O)C(O)C(O)C1OC(=O)C=Cc1ccc(O)c(O)c1. The molecule has 4 aliphatic heterocycles. The van der Waals surface area contributed by atoms with E-state index in [1.807, 2.05) is 0 Å². The van der Waals surface area contributed by atoms with Gasteiger partial charge in [-0.25, -0.2) is 4.79 Å². The van der Waals surface area contributed by atoms with Crippen LogP contribution in [-0.4, -0.2) is 188 Å². The molecule has 0 bridgehead atoms. The summed E-state index contributed by atoms with van der Waals surface area (Å²) in [7, 11) is 0. The Morgan fingerprint density at radius 3 is 1.94 bits per heavy atom. The van der Waals surface area contributed by atoms with Crippen molar-refractivity contribution in [2.75, 3.05) is 13.2 Å². The summed E-state index contributed by atoms with van der Waals surface area (Å²) < 4.78 is 45.9. The number of aromatic hydroxyl groups is 6. The molecule has 4 aliphatic rings. The highest BCUT2D eigenvalue weighted by atomic mass is 16.7. The molecule has 24 heteroatoms. The molecule has 3 saturated heterocycles. The van der Waals surface area contributed by atoms with Crippen molar-refractivity contribution in [3.05, 3.63) is 71.0 Å². The van der Waals surface area contributed by atoms with Gasteiger partial charge in [0.05, 0.1) is 24.9 Å². The first-order valence-electron chi connectivity index (χ1n) is 20.1. The molecule has 3 fully saturated rings. The van der Waals surface area contributed by atoms with Crippen LogP contribution < -0.4 is 9.47 Å². The Morgan fingerprint density at radius 1 is 0.667 bits per heavy atom. The molecule has 4 heterocycles. The van der Waals surface area contributed by atoms with Gasteiger partial charge in [-0.15, -0.1) is 0 Å². The predicted molar refractivity (Wildman–Crippen MR) is 214 cm³/mol. The lowest BCUT2D eigenvalue weighted by Crippen LogP contribution is -2.61. The molecule has 24 nitrogen and oxygen atoms in total. The van der Waals surface area contributed by atoms with E-state index in [9.17, 15) is 81.4 Å². The van der Waals surface area contributed by atoms with Gasteiger partial charge in [-0.1, -0.05) is 6.07 Å². The highest BCUT2D eigenvalue weighted by Gasteiger charge is 2.50. The molecule has 16 atom stereocenters. The zero-order chi connectivity index (χ0) is 47.9. The van der Waals surface area contributed by atoms with Crippen LogP contribution in [0.5, 0.6) is 46.0 Å². The standard InChI is InChI=1S/C42H48O24/c1-14-38(66-28(49)5-3-15-2-4-19(45)20(46)6-15)34(55)37(58)40(60-14)59-13-27-31(52)33(54)36(57)42(65-27)63-25-11-18-23(61-39(25)16-7-21(47)29(50)22(48)8-16)9-17(44)10-24(18)62-41-35(56)32(53)30(51)26(12-43)64-41/h2-11,14,26-27,30-48,50-58H,12-13H2,1H3. The number of carbonyl (C=O) groups excluding carboxylic acids is 1. The number of ether oxygens (including phenoxy) is 8. The molecule has 3 aromatic rings. The molecule has 0 amide bonds. The fraction of sp³-hybridized carbons (Fsp3) is 0.452. The lowest BCUT2D eigenvalue weighted by Gasteiger charge is -2.43. The van der Waals surface area contributed by atoms with Gasteiger partial charge in [-0.3, -0.25) is 0 Å². The van der Waals surface area contributed by atoms with Gasteiger partial charge < -0.3 is 114 Å². The van der Waals surface area contributed by atoms with E-state index in [0.717, 1.165) is 30.3 Å². The van der Waals surface area contributed by atoms with Crippen LogP contribution in [0.4, 0.5) is 0 Å². The van der Waals surface area contributed by atoms with E-state index in [1.165, 1.54) is 37.3 Å². The fourth-order valence-corrected chi connectivity index (χ4v) is 7.49. The quantitative estimate of drug-likeness (QED) is 0.0507. The summed E-state index contributed by atoms with van der Waals surface area (Å²) in [5, 5.41) is 156. The van der Waals surface area contributed by atoms with Gasteiger partial charge in [-0.2, -0.15) is 0 Å². The van der Waals surface area contributed by atoms with Gasteiger partial charge >= 0.3 is 5.97 Å². The molecule has 360 valence electrons. The summed E-state index contributed by atoms with van der Waals surface area (Å²) in [5.74, 6) is -5.65. The smallest absolute Gasteiger partial charge is 0.331 e. The molecule has 0 radical (unpaired) electrons. The molecular weight excluding hydrogens is 888 g/mol. The predicted octanol–water partition coefficient (Wildman–Crippen LogP) is -2.49. The number of phenols is 6. The van der Waals surface area contributed by atoms with Crippen molar-refractivity contribution >= 4 is 18.1 Å². The summed E-state index contributed by atoms with van der Waals surface area (Å²) in [6.07, 6.45) is -24.1. The van der Waals surface area contributed by atoms with Crippen molar-refractivity contribution in [3.63, 3.8) is 0 Å². The summed E-state index contributed by atoms with van der Waals surface area (Å²) in [5.41, 5.74) is 0.130. The maximum atomic E-state index is 12.6. The maximum absolute atomic E-state index is 12.6. The highest BCUT2D eigenvalue weighted by Crippen LogP contribution is 2.48. The van der Waals surface area contributed by atoms with Crippen LogP contribution in [0.25, 0.3) is 12.2 Å². The molecule has 15 N–H and O–H groups in total. The average Bonchev–Trinajstić information content (AvgIpc) is 3.28. The normalized spacial score (nSPS) is 34.5. The minimum absolute atomic E-state index is 0.0808. The molecule has 3 aromatic carbocycles. The Kier molecular flexibility index (Phi) is 14.3. The Labute approximate surface area is 372 Å². The molecule has 0 spiro atoms.